The molecule has 0 aliphatic carbocycles. The number of amides is 1. The third-order valence-corrected chi connectivity index (χ3v) is 5.24. The number of para-hydroxylation sites is 1. The molecule has 0 spiro atoms. The van der Waals surface area contributed by atoms with E-state index in [1.807, 2.05) is 18.2 Å². The number of hydrogen-bond donors (Lipinski definition) is 3. The van der Waals surface area contributed by atoms with E-state index in [4.69, 9.17) is 9.41 Å². The van der Waals surface area contributed by atoms with Crippen LogP contribution < -0.4 is 16.0 Å². The molecule has 0 unspecified atom stereocenters. The SMILES string of the molecule is CCNC(=NCc1oc2ccccc2c1C)NC1CCN(CC(=O)NC)CC1. The van der Waals surface area contributed by atoms with Crippen LogP contribution in [0.5, 0.6) is 0 Å². The maximum Gasteiger partial charge on any atom is 0.233 e. The quantitative estimate of drug-likeness (QED) is 0.523. The number of furan rings is 1. The van der Waals surface area contributed by atoms with Gasteiger partial charge in [0.15, 0.2) is 5.96 Å². The lowest BCUT2D eigenvalue weighted by Crippen LogP contribution is -2.50. The van der Waals surface area contributed by atoms with Crippen molar-refractivity contribution in [3.8, 4) is 0 Å². The number of aryl methyl sites for hydroxylation is 1. The number of piperidine rings is 1. The van der Waals surface area contributed by atoms with Crippen LogP contribution in [0.4, 0.5) is 0 Å². The monoisotopic (exact) mass is 385 g/mol. The number of carbonyl (C=O) groups excluding carboxylic acids is 1. The zero-order valence-corrected chi connectivity index (χ0v) is 17.0. The van der Waals surface area contributed by atoms with E-state index in [-0.39, 0.29) is 5.91 Å². The van der Waals surface area contributed by atoms with Gasteiger partial charge < -0.3 is 20.4 Å². The number of benzene rings is 1. The first kappa shape index (κ1) is 20.2. The summed E-state index contributed by atoms with van der Waals surface area (Å²) in [5, 5.41) is 10.7. The van der Waals surface area contributed by atoms with Crippen LogP contribution in [0.3, 0.4) is 0 Å². The fourth-order valence-electron chi connectivity index (χ4n) is 3.56. The number of likely N-dealkylation sites (tertiary alicyclic amines) is 1. The highest BCUT2D eigenvalue weighted by atomic mass is 16.3. The molecular formula is C21H31N5O2. The molecular weight excluding hydrogens is 354 g/mol. The summed E-state index contributed by atoms with van der Waals surface area (Å²) in [6.45, 7) is 7.75. The Kier molecular flexibility index (Phi) is 6.92. The molecule has 7 heteroatoms. The maximum atomic E-state index is 11.5. The first-order valence-electron chi connectivity index (χ1n) is 10.1. The summed E-state index contributed by atoms with van der Waals surface area (Å²) in [6.07, 6.45) is 1.98. The van der Waals surface area contributed by atoms with Crippen LogP contribution in [0.15, 0.2) is 33.7 Å². The van der Waals surface area contributed by atoms with E-state index in [2.05, 4.69) is 40.8 Å². The molecule has 0 bridgehead atoms. The highest BCUT2D eigenvalue weighted by Gasteiger charge is 2.21. The molecule has 3 N–H and O–H groups in total. The number of guanidine groups is 1. The summed E-state index contributed by atoms with van der Waals surface area (Å²) in [5.74, 6) is 1.79. The highest BCUT2D eigenvalue weighted by Crippen LogP contribution is 2.25. The van der Waals surface area contributed by atoms with Gasteiger partial charge in [-0.15, -0.1) is 0 Å². The van der Waals surface area contributed by atoms with E-state index in [0.29, 0.717) is 19.1 Å². The van der Waals surface area contributed by atoms with Crippen LogP contribution in [0.1, 0.15) is 31.1 Å². The average molecular weight is 386 g/mol. The van der Waals surface area contributed by atoms with Crippen molar-refractivity contribution in [3.63, 3.8) is 0 Å². The lowest BCUT2D eigenvalue weighted by molar-refractivity contribution is -0.122. The van der Waals surface area contributed by atoms with E-state index >= 15 is 0 Å². The Morgan fingerprint density at radius 1 is 1.29 bits per heavy atom. The average Bonchev–Trinajstić information content (AvgIpc) is 3.03. The van der Waals surface area contributed by atoms with Crippen LogP contribution in [-0.4, -0.2) is 56.0 Å². The number of rotatable bonds is 6. The summed E-state index contributed by atoms with van der Waals surface area (Å²) in [4.78, 5) is 18.5. The Balaban J connectivity index is 1.59. The van der Waals surface area contributed by atoms with Gasteiger partial charge in [0.1, 0.15) is 17.9 Å². The zero-order valence-electron chi connectivity index (χ0n) is 17.0. The number of aliphatic imine (C=N–C) groups is 1. The van der Waals surface area contributed by atoms with Crippen molar-refractivity contribution in [2.45, 2.75) is 39.3 Å². The topological polar surface area (TPSA) is 81.9 Å². The van der Waals surface area contributed by atoms with Gasteiger partial charge in [0.05, 0.1) is 6.54 Å². The predicted octanol–water partition coefficient (Wildman–Crippen LogP) is 2.01. The minimum Gasteiger partial charge on any atom is -0.459 e. The minimum atomic E-state index is 0.0718. The van der Waals surface area contributed by atoms with Gasteiger partial charge in [-0.3, -0.25) is 9.69 Å². The van der Waals surface area contributed by atoms with Crippen LogP contribution in [0.25, 0.3) is 11.0 Å². The van der Waals surface area contributed by atoms with Crippen molar-refractivity contribution in [2.24, 2.45) is 4.99 Å². The molecule has 28 heavy (non-hydrogen) atoms. The molecule has 1 fully saturated rings. The first-order valence-corrected chi connectivity index (χ1v) is 10.1. The lowest BCUT2D eigenvalue weighted by atomic mass is 10.1. The third kappa shape index (κ3) is 5.04. The molecule has 152 valence electrons. The number of nitrogens with zero attached hydrogens (tertiary/aromatic N) is 2. The Hall–Kier alpha value is -2.54. The molecule has 1 saturated heterocycles. The largest absolute Gasteiger partial charge is 0.459 e. The Morgan fingerprint density at radius 3 is 2.71 bits per heavy atom. The number of carbonyl (C=O) groups is 1. The second-order valence-corrected chi connectivity index (χ2v) is 7.21. The van der Waals surface area contributed by atoms with E-state index < -0.39 is 0 Å². The van der Waals surface area contributed by atoms with Crippen LogP contribution >= 0.6 is 0 Å². The zero-order chi connectivity index (χ0) is 19.9. The van der Waals surface area contributed by atoms with Crippen molar-refractivity contribution >= 4 is 22.8 Å². The number of fused-ring (bicyclic) bond motifs is 1. The lowest BCUT2D eigenvalue weighted by Gasteiger charge is -2.32. The second kappa shape index (κ2) is 9.59. The Morgan fingerprint density at radius 2 is 2.04 bits per heavy atom. The van der Waals surface area contributed by atoms with Gasteiger partial charge in [-0.2, -0.15) is 0 Å². The van der Waals surface area contributed by atoms with E-state index in [9.17, 15) is 4.79 Å². The van der Waals surface area contributed by atoms with Gasteiger partial charge in [-0.05, 0) is 32.8 Å². The van der Waals surface area contributed by atoms with Crippen LogP contribution in [-0.2, 0) is 11.3 Å². The second-order valence-electron chi connectivity index (χ2n) is 7.21. The Bertz CT molecular complexity index is 821. The molecule has 3 rings (SSSR count). The van der Waals surface area contributed by atoms with Crippen LogP contribution in [0.2, 0.25) is 0 Å². The summed E-state index contributed by atoms with van der Waals surface area (Å²) in [5.41, 5.74) is 2.06. The molecule has 7 nitrogen and oxygen atoms in total. The molecule has 1 aromatic carbocycles. The van der Waals surface area contributed by atoms with E-state index in [1.54, 1.807) is 7.05 Å². The van der Waals surface area contributed by atoms with Crippen LogP contribution in [0, 0.1) is 6.92 Å². The molecule has 2 aromatic rings. The van der Waals surface area contributed by atoms with Gasteiger partial charge in [0.25, 0.3) is 0 Å². The normalized spacial score (nSPS) is 16.3. The van der Waals surface area contributed by atoms with Crippen molar-refractivity contribution in [1.29, 1.82) is 0 Å². The smallest absolute Gasteiger partial charge is 0.233 e. The van der Waals surface area contributed by atoms with Crippen molar-refractivity contribution in [3.05, 3.63) is 35.6 Å². The fraction of sp³-hybridized carbons (Fsp3) is 0.524. The Labute approximate surface area is 166 Å². The van der Waals surface area contributed by atoms with Crippen molar-refractivity contribution in [1.82, 2.24) is 20.9 Å². The summed E-state index contributed by atoms with van der Waals surface area (Å²) in [6, 6.07) is 8.44. The third-order valence-electron chi connectivity index (χ3n) is 5.24. The first-order chi connectivity index (χ1) is 13.6. The number of hydrogen-bond acceptors (Lipinski definition) is 4. The fourth-order valence-corrected chi connectivity index (χ4v) is 3.56. The highest BCUT2D eigenvalue weighted by molar-refractivity contribution is 5.82. The van der Waals surface area contributed by atoms with Gasteiger partial charge >= 0.3 is 0 Å². The standard InChI is InChI=1S/C21H31N5O2/c1-4-23-21(25-16-9-11-26(12-10-16)14-20(27)22-3)24-13-19-15(2)17-7-5-6-8-18(17)28-19/h5-8,16H,4,9-14H2,1-3H3,(H,22,27)(H2,23,24,25). The minimum absolute atomic E-state index is 0.0718. The molecule has 0 atom stereocenters. The number of nitrogens with one attached hydrogen (secondary N) is 3. The van der Waals surface area contributed by atoms with Gasteiger partial charge in [0.2, 0.25) is 5.91 Å². The van der Waals surface area contributed by atoms with Gasteiger partial charge in [-0.1, -0.05) is 18.2 Å². The van der Waals surface area contributed by atoms with E-state index in [1.165, 1.54) is 0 Å². The molecule has 0 radical (unpaired) electrons. The predicted molar refractivity (Wildman–Crippen MR) is 112 cm³/mol. The maximum absolute atomic E-state index is 11.5. The molecule has 0 saturated carbocycles. The molecule has 1 aromatic heterocycles. The number of likely N-dealkylation sites (N-methyl/N-ethyl adjacent to an activating group) is 1. The molecule has 1 aliphatic rings. The van der Waals surface area contributed by atoms with E-state index in [0.717, 1.165) is 60.7 Å². The van der Waals surface area contributed by atoms with Gasteiger partial charge in [0, 0.05) is 43.7 Å². The molecule has 1 amide bonds. The molecule has 2 heterocycles. The summed E-state index contributed by atoms with van der Waals surface area (Å²) in [7, 11) is 1.68. The summed E-state index contributed by atoms with van der Waals surface area (Å²) >= 11 is 0. The van der Waals surface area contributed by atoms with Gasteiger partial charge in [-0.25, -0.2) is 4.99 Å². The van der Waals surface area contributed by atoms with Crippen molar-refractivity contribution < 1.29 is 9.21 Å². The molecule has 1 aliphatic heterocycles. The summed E-state index contributed by atoms with van der Waals surface area (Å²) < 4.78 is 5.97. The van der Waals surface area contributed by atoms with Crippen molar-refractivity contribution in [2.75, 3.05) is 33.2 Å².